The van der Waals surface area contributed by atoms with E-state index >= 15 is 0 Å². The van der Waals surface area contributed by atoms with Crippen molar-refractivity contribution >= 4 is 0 Å². The molecule has 0 saturated carbocycles. The summed E-state index contributed by atoms with van der Waals surface area (Å²) < 4.78 is 5.35. The summed E-state index contributed by atoms with van der Waals surface area (Å²) in [4.78, 5) is 4.54. The zero-order valence-corrected chi connectivity index (χ0v) is 12.5. The van der Waals surface area contributed by atoms with Crippen molar-refractivity contribution in [1.29, 1.82) is 0 Å². The highest BCUT2D eigenvalue weighted by Crippen LogP contribution is 2.29. The largest absolute Gasteiger partial charge is 0.339 e. The standard InChI is InChI=1S/C16H23N3O/c1-12(17)8-7-11-14-18-15(19-20-14)16(2,3)13-9-5-4-6-10-13/h4-6,9-10,12H,7-8,11,17H2,1-3H3. The van der Waals surface area contributed by atoms with E-state index in [0.717, 1.165) is 25.1 Å². The minimum absolute atomic E-state index is 0.221. The van der Waals surface area contributed by atoms with E-state index in [1.54, 1.807) is 0 Å². The second-order valence-corrected chi connectivity index (χ2v) is 5.87. The van der Waals surface area contributed by atoms with Gasteiger partial charge in [-0.15, -0.1) is 0 Å². The van der Waals surface area contributed by atoms with Gasteiger partial charge in [0, 0.05) is 12.5 Å². The molecule has 2 aromatic rings. The fourth-order valence-corrected chi connectivity index (χ4v) is 2.17. The maximum Gasteiger partial charge on any atom is 0.226 e. The van der Waals surface area contributed by atoms with Crippen LogP contribution in [0, 0.1) is 0 Å². The molecule has 1 heterocycles. The van der Waals surface area contributed by atoms with Crippen LogP contribution in [0.5, 0.6) is 0 Å². The Hall–Kier alpha value is -1.68. The molecule has 0 fully saturated rings. The van der Waals surface area contributed by atoms with Gasteiger partial charge in [-0.2, -0.15) is 4.98 Å². The molecule has 0 spiro atoms. The number of aryl methyl sites for hydroxylation is 1. The number of nitrogens with two attached hydrogens (primary N) is 1. The summed E-state index contributed by atoms with van der Waals surface area (Å²) in [6.45, 7) is 6.23. The summed E-state index contributed by atoms with van der Waals surface area (Å²) in [5.41, 5.74) is 6.68. The van der Waals surface area contributed by atoms with Gasteiger partial charge in [0.2, 0.25) is 5.89 Å². The molecule has 20 heavy (non-hydrogen) atoms. The summed E-state index contributed by atoms with van der Waals surface area (Å²) in [5, 5.41) is 4.14. The summed E-state index contributed by atoms with van der Waals surface area (Å²) >= 11 is 0. The molecule has 1 unspecified atom stereocenters. The Labute approximate surface area is 120 Å². The van der Waals surface area contributed by atoms with Crippen molar-refractivity contribution in [2.24, 2.45) is 5.73 Å². The smallest absolute Gasteiger partial charge is 0.226 e. The second kappa shape index (κ2) is 6.18. The Balaban J connectivity index is 2.08. The van der Waals surface area contributed by atoms with E-state index in [1.807, 2.05) is 25.1 Å². The molecule has 2 N–H and O–H groups in total. The molecule has 4 heteroatoms. The molecule has 0 aliphatic rings. The zero-order valence-electron chi connectivity index (χ0n) is 12.5. The van der Waals surface area contributed by atoms with Crippen LogP contribution >= 0.6 is 0 Å². The molecular weight excluding hydrogens is 250 g/mol. The average molecular weight is 273 g/mol. The number of rotatable bonds is 6. The molecule has 0 amide bonds. The van der Waals surface area contributed by atoms with Gasteiger partial charge in [0.1, 0.15) is 0 Å². The molecule has 2 rings (SSSR count). The maximum absolute atomic E-state index is 5.74. The lowest BCUT2D eigenvalue weighted by Gasteiger charge is -2.20. The highest BCUT2D eigenvalue weighted by atomic mass is 16.5. The van der Waals surface area contributed by atoms with Crippen LogP contribution in [0.25, 0.3) is 0 Å². The summed E-state index contributed by atoms with van der Waals surface area (Å²) in [5.74, 6) is 1.43. The van der Waals surface area contributed by atoms with Gasteiger partial charge in [-0.3, -0.25) is 0 Å². The fourth-order valence-electron chi connectivity index (χ4n) is 2.17. The van der Waals surface area contributed by atoms with Crippen LogP contribution in [0.4, 0.5) is 0 Å². The van der Waals surface area contributed by atoms with Crippen molar-refractivity contribution in [2.45, 2.75) is 51.5 Å². The third-order valence-corrected chi connectivity index (χ3v) is 3.57. The highest BCUT2D eigenvalue weighted by Gasteiger charge is 2.28. The van der Waals surface area contributed by atoms with Crippen LogP contribution < -0.4 is 5.73 Å². The van der Waals surface area contributed by atoms with Crippen LogP contribution in [-0.2, 0) is 11.8 Å². The molecule has 0 aliphatic heterocycles. The fraction of sp³-hybridized carbons (Fsp3) is 0.500. The Bertz CT molecular complexity index is 532. The number of benzene rings is 1. The Morgan fingerprint density at radius 1 is 1.25 bits per heavy atom. The van der Waals surface area contributed by atoms with Crippen molar-refractivity contribution < 1.29 is 4.52 Å². The summed E-state index contributed by atoms with van der Waals surface area (Å²) in [7, 11) is 0. The van der Waals surface area contributed by atoms with Crippen molar-refractivity contribution in [2.75, 3.05) is 0 Å². The van der Waals surface area contributed by atoms with Gasteiger partial charge in [-0.1, -0.05) is 35.5 Å². The minimum atomic E-state index is -0.246. The first-order chi connectivity index (χ1) is 9.50. The van der Waals surface area contributed by atoms with E-state index in [0.29, 0.717) is 5.89 Å². The first-order valence-electron chi connectivity index (χ1n) is 7.14. The first-order valence-corrected chi connectivity index (χ1v) is 7.14. The maximum atomic E-state index is 5.74. The molecule has 0 bridgehead atoms. The van der Waals surface area contributed by atoms with Crippen LogP contribution in [-0.4, -0.2) is 16.2 Å². The predicted octanol–water partition coefficient (Wildman–Crippen LogP) is 3.07. The Morgan fingerprint density at radius 2 is 1.95 bits per heavy atom. The van der Waals surface area contributed by atoms with Gasteiger partial charge in [-0.25, -0.2) is 0 Å². The molecule has 4 nitrogen and oxygen atoms in total. The van der Waals surface area contributed by atoms with Gasteiger partial charge in [0.15, 0.2) is 5.82 Å². The topological polar surface area (TPSA) is 64.9 Å². The van der Waals surface area contributed by atoms with Crippen LogP contribution in [0.15, 0.2) is 34.9 Å². The highest BCUT2D eigenvalue weighted by molar-refractivity contribution is 5.30. The molecular formula is C16H23N3O. The lowest BCUT2D eigenvalue weighted by atomic mass is 9.84. The Kier molecular flexibility index (Phi) is 4.55. The predicted molar refractivity (Wildman–Crippen MR) is 79.5 cm³/mol. The van der Waals surface area contributed by atoms with Crippen LogP contribution in [0.1, 0.15) is 50.9 Å². The molecule has 0 radical (unpaired) electrons. The normalized spacial score (nSPS) is 13.4. The van der Waals surface area contributed by atoms with Crippen molar-refractivity contribution in [3.8, 4) is 0 Å². The van der Waals surface area contributed by atoms with Crippen molar-refractivity contribution in [3.05, 3.63) is 47.6 Å². The van der Waals surface area contributed by atoms with E-state index < -0.39 is 0 Å². The quantitative estimate of drug-likeness (QED) is 0.878. The summed E-state index contributed by atoms with van der Waals surface area (Å²) in [6.07, 6.45) is 2.74. The lowest BCUT2D eigenvalue weighted by molar-refractivity contribution is 0.361. The number of nitrogens with zero attached hydrogens (tertiary/aromatic N) is 2. The van der Waals surface area contributed by atoms with E-state index in [1.165, 1.54) is 5.56 Å². The van der Waals surface area contributed by atoms with E-state index in [2.05, 4.69) is 36.1 Å². The van der Waals surface area contributed by atoms with Crippen LogP contribution in [0.2, 0.25) is 0 Å². The molecule has 108 valence electrons. The zero-order chi connectivity index (χ0) is 14.6. The molecule has 1 aromatic carbocycles. The van der Waals surface area contributed by atoms with E-state index in [-0.39, 0.29) is 11.5 Å². The van der Waals surface area contributed by atoms with E-state index in [4.69, 9.17) is 10.3 Å². The van der Waals surface area contributed by atoms with Gasteiger partial charge >= 0.3 is 0 Å². The third-order valence-electron chi connectivity index (χ3n) is 3.57. The molecule has 0 aliphatic carbocycles. The van der Waals surface area contributed by atoms with Gasteiger partial charge < -0.3 is 10.3 Å². The Morgan fingerprint density at radius 3 is 2.60 bits per heavy atom. The summed E-state index contributed by atoms with van der Waals surface area (Å²) in [6, 6.07) is 10.5. The van der Waals surface area contributed by atoms with Gasteiger partial charge in [-0.05, 0) is 39.2 Å². The van der Waals surface area contributed by atoms with Crippen LogP contribution in [0.3, 0.4) is 0 Å². The SMILES string of the molecule is CC(N)CCCc1nc(C(C)(C)c2ccccc2)no1. The van der Waals surface area contributed by atoms with Gasteiger partial charge in [0.05, 0.1) is 5.41 Å². The molecule has 1 aromatic heterocycles. The number of hydrogen-bond donors (Lipinski definition) is 1. The number of aromatic nitrogens is 2. The monoisotopic (exact) mass is 273 g/mol. The number of hydrogen-bond acceptors (Lipinski definition) is 4. The van der Waals surface area contributed by atoms with E-state index in [9.17, 15) is 0 Å². The van der Waals surface area contributed by atoms with Crippen molar-refractivity contribution in [3.63, 3.8) is 0 Å². The first kappa shape index (κ1) is 14.7. The third kappa shape index (κ3) is 3.45. The molecule has 0 saturated heterocycles. The van der Waals surface area contributed by atoms with Gasteiger partial charge in [0.25, 0.3) is 0 Å². The molecule has 1 atom stereocenters. The average Bonchev–Trinajstić information content (AvgIpc) is 2.89. The lowest BCUT2D eigenvalue weighted by Crippen LogP contribution is -2.20. The second-order valence-electron chi connectivity index (χ2n) is 5.87. The van der Waals surface area contributed by atoms with Crippen molar-refractivity contribution in [1.82, 2.24) is 10.1 Å². The minimum Gasteiger partial charge on any atom is -0.339 e.